The third-order valence-electron chi connectivity index (χ3n) is 4.89. The van der Waals surface area contributed by atoms with Crippen LogP contribution < -0.4 is 9.62 Å². The van der Waals surface area contributed by atoms with Gasteiger partial charge in [0.15, 0.2) is 0 Å². The van der Waals surface area contributed by atoms with Crippen LogP contribution in [0.15, 0.2) is 53.4 Å². The number of carbonyl (C=O) groups is 1. The Kier molecular flexibility index (Phi) is 6.12. The monoisotopic (exact) mass is 405 g/mol. The first-order chi connectivity index (χ1) is 13.3. The summed E-state index contributed by atoms with van der Waals surface area (Å²) in [6, 6.07) is 12.1. The lowest BCUT2D eigenvalue weighted by Crippen LogP contribution is -2.35. The van der Waals surface area contributed by atoms with E-state index in [9.17, 15) is 17.6 Å². The Labute approximate surface area is 165 Å². The maximum atomic E-state index is 14.1. The molecular formula is C20H24FN3O3S. The van der Waals surface area contributed by atoms with Crippen LogP contribution in [0.4, 0.5) is 10.1 Å². The summed E-state index contributed by atoms with van der Waals surface area (Å²) in [4.78, 5) is 15.3. The maximum absolute atomic E-state index is 14.1. The molecule has 0 aromatic heterocycles. The quantitative estimate of drug-likeness (QED) is 0.769. The molecule has 1 N–H and O–H groups in total. The molecule has 2 aromatic rings. The molecule has 1 unspecified atom stereocenters. The van der Waals surface area contributed by atoms with Crippen LogP contribution in [0.3, 0.4) is 0 Å². The van der Waals surface area contributed by atoms with Crippen molar-refractivity contribution in [2.24, 2.45) is 0 Å². The van der Waals surface area contributed by atoms with E-state index in [1.165, 1.54) is 18.2 Å². The number of hydrogen-bond acceptors (Lipinski definition) is 4. The molecule has 2 aromatic carbocycles. The molecular weight excluding hydrogens is 381 g/mol. The number of sulfonamides is 1. The number of benzene rings is 2. The van der Waals surface area contributed by atoms with Crippen molar-refractivity contribution in [2.45, 2.75) is 23.8 Å². The number of rotatable bonds is 7. The molecule has 1 aliphatic rings. The maximum Gasteiger partial charge on any atom is 0.240 e. The number of hydrogen-bond donors (Lipinski definition) is 1. The molecule has 3 rings (SSSR count). The first-order valence-corrected chi connectivity index (χ1v) is 10.6. The summed E-state index contributed by atoms with van der Waals surface area (Å²) >= 11 is 0. The van der Waals surface area contributed by atoms with Crippen molar-refractivity contribution >= 4 is 21.6 Å². The van der Waals surface area contributed by atoms with Crippen LogP contribution in [-0.4, -0.2) is 46.4 Å². The lowest BCUT2D eigenvalue weighted by molar-refractivity contribution is -0.117. The molecule has 1 saturated heterocycles. The van der Waals surface area contributed by atoms with E-state index >= 15 is 0 Å². The van der Waals surface area contributed by atoms with E-state index in [2.05, 4.69) is 4.72 Å². The van der Waals surface area contributed by atoms with Crippen LogP contribution in [0, 0.1) is 5.82 Å². The Morgan fingerprint density at radius 1 is 1.14 bits per heavy atom. The molecule has 150 valence electrons. The molecule has 0 spiro atoms. The number of nitrogens with one attached hydrogen (secondary N) is 1. The van der Waals surface area contributed by atoms with Gasteiger partial charge in [-0.05, 0) is 50.8 Å². The van der Waals surface area contributed by atoms with Gasteiger partial charge in [0, 0.05) is 30.8 Å². The van der Waals surface area contributed by atoms with Crippen LogP contribution in [0.2, 0.25) is 0 Å². The topological polar surface area (TPSA) is 69.7 Å². The van der Waals surface area contributed by atoms with Crippen molar-refractivity contribution in [1.29, 1.82) is 0 Å². The highest BCUT2D eigenvalue weighted by Gasteiger charge is 2.24. The largest absolute Gasteiger partial charge is 0.312 e. The standard InChI is InChI=1S/C20H24FN3O3S/c1-23(2)19(17-6-3-4-7-18(17)21)14-22-28(26,27)16-11-9-15(10-12-16)24-13-5-8-20(24)25/h3-4,6-7,9-12,19,22H,5,8,13-14H2,1-2H3. The molecule has 8 heteroatoms. The van der Waals surface area contributed by atoms with E-state index in [0.29, 0.717) is 24.2 Å². The van der Waals surface area contributed by atoms with Crippen molar-refractivity contribution in [3.8, 4) is 0 Å². The van der Waals surface area contributed by atoms with Crippen LogP contribution in [-0.2, 0) is 14.8 Å². The van der Waals surface area contributed by atoms with Gasteiger partial charge in [0.2, 0.25) is 15.9 Å². The minimum atomic E-state index is -3.77. The van der Waals surface area contributed by atoms with Gasteiger partial charge in [-0.1, -0.05) is 18.2 Å². The lowest BCUT2D eigenvalue weighted by Gasteiger charge is -2.25. The molecule has 1 fully saturated rings. The zero-order valence-corrected chi connectivity index (χ0v) is 16.7. The number of anilines is 1. The zero-order valence-electron chi connectivity index (χ0n) is 15.9. The van der Waals surface area contributed by atoms with Crippen LogP contribution >= 0.6 is 0 Å². The highest BCUT2D eigenvalue weighted by Crippen LogP contribution is 2.24. The molecule has 0 aliphatic carbocycles. The molecule has 0 bridgehead atoms. The Morgan fingerprint density at radius 3 is 2.39 bits per heavy atom. The van der Waals surface area contributed by atoms with Crippen molar-refractivity contribution in [3.05, 3.63) is 59.9 Å². The fourth-order valence-electron chi connectivity index (χ4n) is 3.31. The average molecular weight is 405 g/mol. The van der Waals surface area contributed by atoms with E-state index in [1.54, 1.807) is 54.2 Å². The van der Waals surface area contributed by atoms with E-state index in [-0.39, 0.29) is 23.2 Å². The predicted molar refractivity (Wildman–Crippen MR) is 106 cm³/mol. The zero-order chi connectivity index (χ0) is 20.3. The van der Waals surface area contributed by atoms with Gasteiger partial charge in [-0.3, -0.25) is 4.79 Å². The number of carbonyl (C=O) groups excluding carboxylic acids is 1. The van der Waals surface area contributed by atoms with Crippen LogP contribution in [0.5, 0.6) is 0 Å². The fourth-order valence-corrected chi connectivity index (χ4v) is 4.35. The second-order valence-corrected chi connectivity index (χ2v) is 8.76. The minimum absolute atomic E-state index is 0.0304. The van der Waals surface area contributed by atoms with E-state index in [1.807, 2.05) is 0 Å². The molecule has 0 saturated carbocycles. The van der Waals surface area contributed by atoms with E-state index in [4.69, 9.17) is 0 Å². The molecule has 6 nitrogen and oxygen atoms in total. The fraction of sp³-hybridized carbons (Fsp3) is 0.350. The Hall–Kier alpha value is -2.29. The van der Waals surface area contributed by atoms with Gasteiger partial charge in [0.1, 0.15) is 5.82 Å². The second-order valence-electron chi connectivity index (χ2n) is 7.00. The van der Waals surface area contributed by atoms with Crippen molar-refractivity contribution in [2.75, 3.05) is 32.1 Å². The predicted octanol–water partition coefficient (Wildman–Crippen LogP) is 2.53. The highest BCUT2D eigenvalue weighted by molar-refractivity contribution is 7.89. The van der Waals surface area contributed by atoms with Crippen LogP contribution in [0.25, 0.3) is 0 Å². The summed E-state index contributed by atoms with van der Waals surface area (Å²) in [5.74, 6) is -0.326. The summed E-state index contributed by atoms with van der Waals surface area (Å²) in [5, 5.41) is 0. The molecule has 1 atom stereocenters. The molecule has 0 radical (unpaired) electrons. The van der Waals surface area contributed by atoms with Gasteiger partial charge < -0.3 is 9.80 Å². The van der Waals surface area contributed by atoms with Crippen molar-refractivity contribution in [3.63, 3.8) is 0 Å². The van der Waals surface area contributed by atoms with Crippen molar-refractivity contribution in [1.82, 2.24) is 9.62 Å². The van der Waals surface area contributed by atoms with E-state index in [0.717, 1.165) is 6.42 Å². The van der Waals surface area contributed by atoms with Gasteiger partial charge in [-0.25, -0.2) is 17.5 Å². The number of likely N-dealkylation sites (N-methyl/N-ethyl adjacent to an activating group) is 1. The number of halogens is 1. The molecule has 1 heterocycles. The van der Waals surface area contributed by atoms with Gasteiger partial charge in [-0.15, -0.1) is 0 Å². The smallest absolute Gasteiger partial charge is 0.240 e. The summed E-state index contributed by atoms with van der Waals surface area (Å²) in [5.41, 5.74) is 1.12. The highest BCUT2D eigenvalue weighted by atomic mass is 32.2. The summed E-state index contributed by atoms with van der Waals surface area (Å²) < 4.78 is 42.0. The third kappa shape index (κ3) is 4.40. The first-order valence-electron chi connectivity index (χ1n) is 9.10. The number of amides is 1. The van der Waals surface area contributed by atoms with Gasteiger partial charge in [0.25, 0.3) is 0 Å². The summed E-state index contributed by atoms with van der Waals surface area (Å²) in [6.45, 7) is 0.680. The second kappa shape index (κ2) is 8.38. The Balaban J connectivity index is 1.74. The van der Waals surface area contributed by atoms with E-state index < -0.39 is 16.1 Å². The van der Waals surface area contributed by atoms with Crippen LogP contribution in [0.1, 0.15) is 24.4 Å². The minimum Gasteiger partial charge on any atom is -0.312 e. The number of nitrogens with zero attached hydrogens (tertiary/aromatic N) is 2. The normalized spacial score (nSPS) is 16.0. The van der Waals surface area contributed by atoms with Gasteiger partial charge in [-0.2, -0.15) is 0 Å². The third-order valence-corrected chi connectivity index (χ3v) is 6.33. The molecule has 1 amide bonds. The van der Waals surface area contributed by atoms with Gasteiger partial charge in [0.05, 0.1) is 10.9 Å². The molecule has 1 aliphatic heterocycles. The lowest BCUT2D eigenvalue weighted by atomic mass is 10.1. The van der Waals surface area contributed by atoms with Gasteiger partial charge >= 0.3 is 0 Å². The average Bonchev–Trinajstić information content (AvgIpc) is 3.09. The first kappa shape index (κ1) is 20.4. The SMILES string of the molecule is CN(C)C(CNS(=O)(=O)c1ccc(N2CCCC2=O)cc1)c1ccccc1F. The van der Waals surface area contributed by atoms with Crippen molar-refractivity contribution < 1.29 is 17.6 Å². The molecule has 28 heavy (non-hydrogen) atoms. The Morgan fingerprint density at radius 2 is 1.82 bits per heavy atom. The summed E-state index contributed by atoms with van der Waals surface area (Å²) in [7, 11) is -0.224. The Bertz CT molecular complexity index is 945. The summed E-state index contributed by atoms with van der Waals surface area (Å²) in [6.07, 6.45) is 1.33.